The normalized spacial score (nSPS) is 13.5. The summed E-state index contributed by atoms with van der Waals surface area (Å²) in [6.07, 6.45) is 2.21. The van der Waals surface area contributed by atoms with Gasteiger partial charge in [-0.15, -0.1) is 0 Å². The summed E-state index contributed by atoms with van der Waals surface area (Å²) in [4.78, 5) is 0. The molecule has 176 valence electrons. The van der Waals surface area contributed by atoms with Crippen LogP contribution in [0.2, 0.25) is 0 Å². The molecular weight excluding hydrogens is 435 g/mol. The maximum Gasteiger partial charge on any atom is 0.157 e. The number of hydrogen-bond acceptors (Lipinski definition) is 3. The third kappa shape index (κ3) is 4.33. The lowest BCUT2D eigenvalue weighted by Gasteiger charge is -2.43. The van der Waals surface area contributed by atoms with E-state index in [9.17, 15) is 4.39 Å². The number of nitrogens with two attached hydrogens (primary N) is 1. The quantitative estimate of drug-likeness (QED) is 0.240. The maximum atomic E-state index is 14.5. The van der Waals surface area contributed by atoms with Crippen molar-refractivity contribution in [2.45, 2.75) is 24.3 Å². The van der Waals surface area contributed by atoms with Crippen molar-refractivity contribution in [1.82, 2.24) is 0 Å². The zero-order chi connectivity index (χ0) is 24.3. The van der Waals surface area contributed by atoms with Crippen molar-refractivity contribution in [1.29, 1.82) is 0 Å². The summed E-state index contributed by atoms with van der Waals surface area (Å²) in [5, 5.41) is 4.30. The minimum absolute atomic E-state index is 0.318. The second-order valence-corrected chi connectivity index (χ2v) is 9.36. The van der Waals surface area contributed by atoms with Crippen molar-refractivity contribution in [3.63, 3.8) is 0 Å². The van der Waals surface area contributed by atoms with Crippen molar-refractivity contribution in [3.8, 4) is 0 Å². The summed E-state index contributed by atoms with van der Waals surface area (Å²) in [7, 11) is 0. The third-order valence-electron chi connectivity index (χ3n) is 6.86. The number of nitrogens with one attached hydrogen (secondary N) is 1. The monoisotopic (exact) mass is 464 g/mol. The average molecular weight is 465 g/mol. The highest BCUT2D eigenvalue weighted by molar-refractivity contribution is 5.89. The van der Waals surface area contributed by atoms with E-state index in [1.807, 2.05) is 18.2 Å². The Morgan fingerprint density at radius 2 is 1.29 bits per heavy atom. The molecule has 0 aliphatic rings. The van der Waals surface area contributed by atoms with E-state index in [4.69, 9.17) is 10.2 Å². The minimum atomic E-state index is -0.602. The van der Waals surface area contributed by atoms with Crippen LogP contribution in [-0.4, -0.2) is 12.1 Å². The lowest BCUT2D eigenvalue weighted by molar-refractivity contribution is 0.396. The van der Waals surface area contributed by atoms with E-state index in [1.165, 1.54) is 28.8 Å². The molecule has 0 bridgehead atoms. The predicted octanol–water partition coefficient (Wildman–Crippen LogP) is 7.13. The highest BCUT2D eigenvalue weighted by atomic mass is 19.1. The maximum absolute atomic E-state index is 14.5. The second kappa shape index (κ2) is 9.40. The molecule has 0 amide bonds. The van der Waals surface area contributed by atoms with Gasteiger partial charge in [-0.25, -0.2) is 4.39 Å². The van der Waals surface area contributed by atoms with Crippen molar-refractivity contribution in [2.24, 2.45) is 5.73 Å². The molecule has 3 nitrogen and oxygen atoms in total. The highest BCUT2D eigenvalue weighted by Gasteiger charge is 2.42. The molecule has 0 saturated carbocycles. The van der Waals surface area contributed by atoms with Gasteiger partial charge in [-0.05, 0) is 42.2 Å². The van der Waals surface area contributed by atoms with Crippen molar-refractivity contribution < 1.29 is 8.81 Å². The summed E-state index contributed by atoms with van der Waals surface area (Å²) in [6.45, 7) is 2.43. The first-order chi connectivity index (χ1) is 17.0. The van der Waals surface area contributed by atoms with Gasteiger partial charge in [0.1, 0.15) is 5.82 Å². The minimum Gasteiger partial charge on any atom is -0.462 e. The fourth-order valence-corrected chi connectivity index (χ4v) is 5.19. The molecule has 35 heavy (non-hydrogen) atoms. The molecule has 0 fully saturated rings. The van der Waals surface area contributed by atoms with Crippen LogP contribution in [0.25, 0.3) is 11.0 Å². The van der Waals surface area contributed by atoms with Crippen LogP contribution in [0, 0.1) is 5.82 Å². The van der Waals surface area contributed by atoms with E-state index in [-0.39, 0.29) is 5.82 Å². The molecule has 1 unspecified atom stereocenters. The Balaban J connectivity index is 1.70. The number of rotatable bonds is 8. The van der Waals surface area contributed by atoms with Gasteiger partial charge in [0, 0.05) is 29.0 Å². The molecule has 4 heteroatoms. The van der Waals surface area contributed by atoms with E-state index in [2.05, 4.69) is 85.0 Å². The number of fused-ring (bicyclic) bond motifs is 1. The molecule has 4 aromatic carbocycles. The number of benzene rings is 4. The van der Waals surface area contributed by atoms with Crippen molar-refractivity contribution in [2.75, 3.05) is 11.9 Å². The van der Waals surface area contributed by atoms with E-state index in [0.717, 1.165) is 0 Å². The van der Waals surface area contributed by atoms with Crippen LogP contribution in [-0.2, 0) is 5.41 Å². The molecule has 0 spiro atoms. The molecule has 5 rings (SSSR count). The second-order valence-electron chi connectivity index (χ2n) is 9.36. The Kier molecular flexibility index (Phi) is 6.14. The molecule has 1 atom stereocenters. The summed E-state index contributed by atoms with van der Waals surface area (Å²) >= 11 is 0. The number of furan rings is 1. The summed E-state index contributed by atoms with van der Waals surface area (Å²) < 4.78 is 20.2. The standard InChI is InChI=1S/C31H29FN2O/c1-30(22-33,34-28-20-27(32)19-23-17-18-35-29(23)28)21-31(24-11-5-2-6-12-24,25-13-7-3-8-14-25)26-15-9-4-10-16-26/h2-20,34H,21-22,33H2,1H3. The van der Waals surface area contributed by atoms with Gasteiger partial charge in [0.05, 0.1) is 12.0 Å². The van der Waals surface area contributed by atoms with Gasteiger partial charge in [-0.3, -0.25) is 0 Å². The first-order valence-corrected chi connectivity index (χ1v) is 11.9. The largest absolute Gasteiger partial charge is 0.462 e. The van der Waals surface area contributed by atoms with Gasteiger partial charge < -0.3 is 15.5 Å². The Morgan fingerprint density at radius 1 is 0.771 bits per heavy atom. The van der Waals surface area contributed by atoms with Crippen LogP contribution in [0.4, 0.5) is 10.1 Å². The fraction of sp³-hybridized carbons (Fsp3) is 0.161. The molecule has 3 N–H and O–H groups in total. The molecule has 1 heterocycles. The fourth-order valence-electron chi connectivity index (χ4n) is 5.19. The van der Waals surface area contributed by atoms with Crippen molar-refractivity contribution in [3.05, 3.63) is 138 Å². The summed E-state index contributed by atoms with van der Waals surface area (Å²) in [6, 6.07) is 36.3. The smallest absolute Gasteiger partial charge is 0.157 e. The summed E-state index contributed by atoms with van der Waals surface area (Å²) in [5.74, 6) is -0.318. The van der Waals surface area contributed by atoms with Gasteiger partial charge in [-0.1, -0.05) is 91.0 Å². The lowest BCUT2D eigenvalue weighted by Crippen LogP contribution is -2.49. The molecular formula is C31H29FN2O. The lowest BCUT2D eigenvalue weighted by atomic mass is 9.63. The Labute approximate surface area is 205 Å². The Hall–Kier alpha value is -3.89. The zero-order valence-electron chi connectivity index (χ0n) is 19.7. The van der Waals surface area contributed by atoms with Crippen LogP contribution < -0.4 is 11.1 Å². The van der Waals surface area contributed by atoms with E-state index < -0.39 is 11.0 Å². The van der Waals surface area contributed by atoms with Gasteiger partial charge in [0.15, 0.2) is 5.58 Å². The number of halogens is 1. The van der Waals surface area contributed by atoms with E-state index >= 15 is 0 Å². The third-order valence-corrected chi connectivity index (χ3v) is 6.86. The van der Waals surface area contributed by atoms with Gasteiger partial charge in [-0.2, -0.15) is 0 Å². The predicted molar refractivity (Wildman–Crippen MR) is 141 cm³/mol. The van der Waals surface area contributed by atoms with Crippen LogP contribution >= 0.6 is 0 Å². The highest BCUT2D eigenvalue weighted by Crippen LogP contribution is 2.46. The van der Waals surface area contributed by atoms with Crippen LogP contribution in [0.15, 0.2) is 120 Å². The molecule has 0 radical (unpaired) electrons. The van der Waals surface area contributed by atoms with E-state index in [0.29, 0.717) is 29.6 Å². The van der Waals surface area contributed by atoms with Gasteiger partial charge in [0.25, 0.3) is 0 Å². The van der Waals surface area contributed by atoms with Crippen molar-refractivity contribution >= 4 is 16.7 Å². The van der Waals surface area contributed by atoms with Gasteiger partial charge in [0.2, 0.25) is 0 Å². The van der Waals surface area contributed by atoms with Crippen LogP contribution in [0.3, 0.4) is 0 Å². The van der Waals surface area contributed by atoms with Gasteiger partial charge >= 0.3 is 0 Å². The summed E-state index contributed by atoms with van der Waals surface area (Å²) in [5.41, 5.74) is 10.1. The molecule has 0 aliphatic carbocycles. The van der Waals surface area contributed by atoms with Crippen LogP contribution in [0.5, 0.6) is 0 Å². The Bertz CT molecular complexity index is 1300. The first-order valence-electron chi connectivity index (χ1n) is 11.9. The van der Waals surface area contributed by atoms with E-state index in [1.54, 1.807) is 12.3 Å². The molecule has 1 aromatic heterocycles. The van der Waals surface area contributed by atoms with Crippen LogP contribution in [0.1, 0.15) is 30.0 Å². The number of hydrogen-bond donors (Lipinski definition) is 2. The molecule has 0 saturated heterocycles. The molecule has 5 aromatic rings. The first kappa shape index (κ1) is 22.9. The molecule has 0 aliphatic heterocycles. The topological polar surface area (TPSA) is 51.2 Å². The number of anilines is 1. The Morgan fingerprint density at radius 3 is 1.77 bits per heavy atom. The zero-order valence-corrected chi connectivity index (χ0v) is 19.7. The average Bonchev–Trinajstić information content (AvgIpc) is 3.38. The SMILES string of the molecule is CC(CN)(CC(c1ccccc1)(c1ccccc1)c1ccccc1)Nc1cc(F)cc2ccoc12.